The van der Waals surface area contributed by atoms with Gasteiger partial charge in [-0.3, -0.25) is 9.59 Å². The van der Waals surface area contributed by atoms with E-state index in [0.717, 1.165) is 12.8 Å². The monoisotopic (exact) mass is 438 g/mol. The highest BCUT2D eigenvalue weighted by molar-refractivity contribution is 7.14. The van der Waals surface area contributed by atoms with Crippen LogP contribution in [0.2, 0.25) is 0 Å². The Bertz CT molecular complexity index is 1070. The maximum atomic E-state index is 13.2. The molecule has 1 aliphatic rings. The Labute approximate surface area is 185 Å². The van der Waals surface area contributed by atoms with E-state index in [9.17, 15) is 9.59 Å². The summed E-state index contributed by atoms with van der Waals surface area (Å²) in [5.41, 5.74) is 2.26. The van der Waals surface area contributed by atoms with Crippen LogP contribution in [-0.4, -0.2) is 39.9 Å². The Hall–Kier alpha value is -3.00. The van der Waals surface area contributed by atoms with Crippen molar-refractivity contribution in [3.8, 4) is 0 Å². The molecular formula is C23H26N4O3S. The maximum Gasteiger partial charge on any atom is 0.256 e. The van der Waals surface area contributed by atoms with Gasteiger partial charge in [0.05, 0.1) is 11.5 Å². The number of carbonyl (C=O) groups excluding carboxylic acids is 2. The van der Waals surface area contributed by atoms with Gasteiger partial charge in [-0.2, -0.15) is 4.98 Å². The van der Waals surface area contributed by atoms with Crippen molar-refractivity contribution in [1.29, 1.82) is 0 Å². The van der Waals surface area contributed by atoms with E-state index in [4.69, 9.17) is 4.52 Å². The maximum absolute atomic E-state index is 13.2. The highest BCUT2D eigenvalue weighted by atomic mass is 32.1. The summed E-state index contributed by atoms with van der Waals surface area (Å²) >= 11 is 1.35. The average molecular weight is 439 g/mol. The van der Waals surface area contributed by atoms with Crippen molar-refractivity contribution >= 4 is 28.2 Å². The van der Waals surface area contributed by atoms with Crippen LogP contribution in [0.15, 0.2) is 40.2 Å². The molecule has 0 radical (unpaired) electrons. The number of amides is 2. The molecule has 0 spiro atoms. The van der Waals surface area contributed by atoms with Gasteiger partial charge in [0, 0.05) is 18.7 Å². The summed E-state index contributed by atoms with van der Waals surface area (Å²) in [5.74, 6) is 1.32. The SMILES string of the molecule is Cc1noc(C2CCCN(C(=O)c3ccsc3NC(=O)c3ccc(C(C)C)cc3)C2)n1. The number of nitrogens with one attached hydrogen (secondary N) is 1. The fraction of sp³-hybridized carbons (Fsp3) is 0.391. The van der Waals surface area contributed by atoms with Crippen LogP contribution in [0.1, 0.15) is 76.5 Å². The van der Waals surface area contributed by atoms with Gasteiger partial charge in [-0.1, -0.05) is 31.1 Å². The summed E-state index contributed by atoms with van der Waals surface area (Å²) in [6.45, 7) is 7.21. The van der Waals surface area contributed by atoms with Crippen molar-refractivity contribution in [3.63, 3.8) is 0 Å². The lowest BCUT2D eigenvalue weighted by Crippen LogP contribution is -2.39. The summed E-state index contributed by atoms with van der Waals surface area (Å²) in [5, 5.41) is 9.17. The second kappa shape index (κ2) is 9.01. The van der Waals surface area contributed by atoms with Crippen LogP contribution in [0.3, 0.4) is 0 Å². The van der Waals surface area contributed by atoms with Crippen LogP contribution >= 0.6 is 11.3 Å². The molecule has 1 saturated heterocycles. The van der Waals surface area contributed by atoms with E-state index in [0.29, 0.717) is 46.9 Å². The number of hydrogen-bond donors (Lipinski definition) is 1. The lowest BCUT2D eigenvalue weighted by atomic mass is 9.97. The predicted molar refractivity (Wildman–Crippen MR) is 120 cm³/mol. The Balaban J connectivity index is 1.45. The molecule has 1 aliphatic heterocycles. The van der Waals surface area contributed by atoms with E-state index in [-0.39, 0.29) is 17.7 Å². The number of aromatic nitrogens is 2. The third kappa shape index (κ3) is 4.69. The first-order chi connectivity index (χ1) is 14.9. The molecule has 3 heterocycles. The number of nitrogens with zero attached hydrogens (tertiary/aromatic N) is 3. The van der Waals surface area contributed by atoms with E-state index in [1.807, 2.05) is 34.5 Å². The number of hydrogen-bond acceptors (Lipinski definition) is 6. The minimum absolute atomic E-state index is 0.0371. The number of rotatable bonds is 5. The highest BCUT2D eigenvalue weighted by Crippen LogP contribution is 2.30. The molecule has 0 aliphatic carbocycles. The largest absolute Gasteiger partial charge is 0.339 e. The molecule has 7 nitrogen and oxygen atoms in total. The van der Waals surface area contributed by atoms with E-state index >= 15 is 0 Å². The zero-order chi connectivity index (χ0) is 22.0. The minimum atomic E-state index is -0.218. The van der Waals surface area contributed by atoms with Crippen LogP contribution in [0.5, 0.6) is 0 Å². The molecule has 162 valence electrons. The smallest absolute Gasteiger partial charge is 0.256 e. The molecular weight excluding hydrogens is 412 g/mol. The molecule has 3 aromatic rings. The van der Waals surface area contributed by atoms with E-state index in [2.05, 4.69) is 29.3 Å². The van der Waals surface area contributed by atoms with Crippen molar-refractivity contribution in [2.75, 3.05) is 18.4 Å². The first-order valence-corrected chi connectivity index (χ1v) is 11.4. The van der Waals surface area contributed by atoms with Crippen LogP contribution < -0.4 is 5.32 Å². The van der Waals surface area contributed by atoms with Gasteiger partial charge in [-0.15, -0.1) is 11.3 Å². The van der Waals surface area contributed by atoms with E-state index in [1.165, 1.54) is 16.9 Å². The number of piperidine rings is 1. The second-order valence-electron chi connectivity index (χ2n) is 8.16. The molecule has 0 saturated carbocycles. The highest BCUT2D eigenvalue weighted by Gasteiger charge is 2.30. The summed E-state index contributed by atoms with van der Waals surface area (Å²) in [6, 6.07) is 9.34. The van der Waals surface area contributed by atoms with Crippen molar-refractivity contribution in [1.82, 2.24) is 15.0 Å². The Morgan fingerprint density at radius 2 is 2.00 bits per heavy atom. The lowest BCUT2D eigenvalue weighted by Gasteiger charge is -2.31. The summed E-state index contributed by atoms with van der Waals surface area (Å²) in [7, 11) is 0. The van der Waals surface area contributed by atoms with Gasteiger partial charge in [-0.05, 0) is 54.8 Å². The molecule has 1 fully saturated rings. The normalized spacial score (nSPS) is 16.5. The van der Waals surface area contributed by atoms with Gasteiger partial charge in [-0.25, -0.2) is 0 Å². The van der Waals surface area contributed by atoms with Gasteiger partial charge in [0.25, 0.3) is 11.8 Å². The topological polar surface area (TPSA) is 88.3 Å². The molecule has 4 rings (SSSR count). The predicted octanol–water partition coefficient (Wildman–Crippen LogP) is 4.84. The number of thiophene rings is 1. The molecule has 8 heteroatoms. The van der Waals surface area contributed by atoms with Crippen LogP contribution in [-0.2, 0) is 0 Å². The van der Waals surface area contributed by atoms with Crippen LogP contribution in [0, 0.1) is 6.92 Å². The van der Waals surface area contributed by atoms with Gasteiger partial charge in [0.1, 0.15) is 5.00 Å². The quantitative estimate of drug-likeness (QED) is 0.616. The molecule has 1 atom stereocenters. The van der Waals surface area contributed by atoms with Crippen molar-refractivity contribution in [2.24, 2.45) is 0 Å². The number of carbonyl (C=O) groups is 2. The fourth-order valence-electron chi connectivity index (χ4n) is 3.78. The summed E-state index contributed by atoms with van der Waals surface area (Å²) < 4.78 is 5.32. The van der Waals surface area contributed by atoms with Crippen LogP contribution in [0.4, 0.5) is 5.00 Å². The van der Waals surface area contributed by atoms with Crippen LogP contribution in [0.25, 0.3) is 0 Å². The van der Waals surface area contributed by atoms with Gasteiger partial charge in [0.15, 0.2) is 5.82 Å². The average Bonchev–Trinajstić information content (AvgIpc) is 3.42. The molecule has 2 amide bonds. The third-order valence-electron chi connectivity index (χ3n) is 5.56. The molecule has 0 bridgehead atoms. The molecule has 2 aromatic heterocycles. The van der Waals surface area contributed by atoms with E-state index in [1.54, 1.807) is 13.0 Å². The zero-order valence-electron chi connectivity index (χ0n) is 17.9. The van der Waals surface area contributed by atoms with Crippen molar-refractivity contribution in [2.45, 2.75) is 45.4 Å². The molecule has 1 unspecified atom stereocenters. The number of anilines is 1. The number of aryl methyl sites for hydroxylation is 1. The summed E-state index contributed by atoms with van der Waals surface area (Å²) in [6.07, 6.45) is 1.77. The number of likely N-dealkylation sites (tertiary alicyclic amines) is 1. The molecule has 1 N–H and O–H groups in total. The first-order valence-electron chi connectivity index (χ1n) is 10.5. The Kier molecular flexibility index (Phi) is 6.18. The van der Waals surface area contributed by atoms with Gasteiger partial charge >= 0.3 is 0 Å². The first kappa shape index (κ1) is 21.2. The molecule has 31 heavy (non-hydrogen) atoms. The Morgan fingerprint density at radius 3 is 2.68 bits per heavy atom. The van der Waals surface area contributed by atoms with Gasteiger partial charge in [0.2, 0.25) is 5.89 Å². The fourth-order valence-corrected chi connectivity index (χ4v) is 4.56. The number of benzene rings is 1. The third-order valence-corrected chi connectivity index (χ3v) is 6.39. The minimum Gasteiger partial charge on any atom is -0.339 e. The zero-order valence-corrected chi connectivity index (χ0v) is 18.7. The molecule has 1 aromatic carbocycles. The second-order valence-corrected chi connectivity index (χ2v) is 9.08. The summed E-state index contributed by atoms with van der Waals surface area (Å²) in [4.78, 5) is 32.1. The lowest BCUT2D eigenvalue weighted by molar-refractivity contribution is 0.0697. The Morgan fingerprint density at radius 1 is 1.23 bits per heavy atom. The van der Waals surface area contributed by atoms with Crippen molar-refractivity contribution in [3.05, 3.63) is 64.1 Å². The standard InChI is InChI=1S/C23H26N4O3S/c1-14(2)16-6-8-17(9-7-16)20(28)25-22-19(10-12-31-22)23(29)27-11-4-5-18(13-27)21-24-15(3)26-30-21/h6-10,12,14,18H,4-5,11,13H2,1-3H3,(H,25,28). The van der Waals surface area contributed by atoms with E-state index < -0.39 is 0 Å². The van der Waals surface area contributed by atoms with Crippen molar-refractivity contribution < 1.29 is 14.1 Å². The van der Waals surface area contributed by atoms with Gasteiger partial charge < -0.3 is 14.7 Å².